The summed E-state index contributed by atoms with van der Waals surface area (Å²) < 4.78 is 0. The molecule has 0 bridgehead atoms. The Morgan fingerprint density at radius 1 is 0.947 bits per heavy atom. The number of rotatable bonds is 13. The zero-order valence-electron chi connectivity index (χ0n) is 13.0. The van der Waals surface area contributed by atoms with Crippen molar-refractivity contribution in [1.29, 1.82) is 0 Å². The Bertz CT molecular complexity index is 203. The summed E-state index contributed by atoms with van der Waals surface area (Å²) in [7, 11) is 0. The van der Waals surface area contributed by atoms with E-state index in [-0.39, 0.29) is 11.9 Å². The van der Waals surface area contributed by atoms with Gasteiger partial charge in [-0.25, -0.2) is 0 Å². The van der Waals surface area contributed by atoms with Crippen molar-refractivity contribution < 1.29 is 4.79 Å². The summed E-state index contributed by atoms with van der Waals surface area (Å²) >= 11 is 0. The van der Waals surface area contributed by atoms with Crippen LogP contribution in [0.1, 0.15) is 84.5 Å². The maximum absolute atomic E-state index is 11.6. The number of amides is 1. The molecule has 0 saturated carbocycles. The van der Waals surface area contributed by atoms with E-state index in [0.29, 0.717) is 13.0 Å². The Morgan fingerprint density at radius 3 is 1.95 bits per heavy atom. The molecule has 1 unspecified atom stereocenters. The predicted octanol–water partition coefficient (Wildman–Crippen LogP) is 3.76. The van der Waals surface area contributed by atoms with Gasteiger partial charge in [-0.3, -0.25) is 4.79 Å². The van der Waals surface area contributed by atoms with Crippen LogP contribution in [0, 0.1) is 0 Å². The van der Waals surface area contributed by atoms with Crippen molar-refractivity contribution >= 4 is 5.91 Å². The molecule has 19 heavy (non-hydrogen) atoms. The maximum atomic E-state index is 11.6. The zero-order valence-corrected chi connectivity index (χ0v) is 13.0. The van der Waals surface area contributed by atoms with Crippen molar-refractivity contribution in [2.24, 2.45) is 5.73 Å². The van der Waals surface area contributed by atoms with E-state index in [1.165, 1.54) is 51.4 Å². The summed E-state index contributed by atoms with van der Waals surface area (Å²) in [5, 5.41) is 2.98. The molecule has 0 aromatic rings. The van der Waals surface area contributed by atoms with Crippen LogP contribution in [0.3, 0.4) is 0 Å². The molecule has 3 N–H and O–H groups in total. The van der Waals surface area contributed by atoms with Crippen molar-refractivity contribution in [3.05, 3.63) is 0 Å². The molecule has 0 aliphatic heterocycles. The predicted molar refractivity (Wildman–Crippen MR) is 83.1 cm³/mol. The monoisotopic (exact) mass is 270 g/mol. The van der Waals surface area contributed by atoms with Gasteiger partial charge in [0.1, 0.15) is 0 Å². The van der Waals surface area contributed by atoms with E-state index in [0.717, 1.165) is 12.8 Å². The quantitative estimate of drug-likeness (QED) is 0.501. The summed E-state index contributed by atoms with van der Waals surface area (Å²) in [4.78, 5) is 11.6. The van der Waals surface area contributed by atoms with E-state index in [4.69, 9.17) is 5.73 Å². The van der Waals surface area contributed by atoms with Crippen LogP contribution < -0.4 is 11.1 Å². The van der Waals surface area contributed by atoms with Crippen molar-refractivity contribution in [1.82, 2.24) is 5.32 Å². The average Bonchev–Trinajstić information content (AvgIpc) is 2.43. The number of carbonyl (C=O) groups is 1. The van der Waals surface area contributed by atoms with Crippen LogP contribution in [0.5, 0.6) is 0 Å². The van der Waals surface area contributed by atoms with Crippen LogP contribution in [-0.4, -0.2) is 18.5 Å². The van der Waals surface area contributed by atoms with Gasteiger partial charge in [-0.1, -0.05) is 65.2 Å². The van der Waals surface area contributed by atoms with Crippen LogP contribution in [0.15, 0.2) is 0 Å². The van der Waals surface area contributed by atoms with Crippen LogP contribution in [0.25, 0.3) is 0 Å². The number of unbranched alkanes of at least 4 members (excludes halogenated alkanes) is 8. The summed E-state index contributed by atoms with van der Waals surface area (Å²) in [6, 6.07) is 0.158. The number of nitrogens with one attached hydrogen (secondary N) is 1. The SMILES string of the molecule is CCCCCCCCCCCC(=O)NC(CC)CN. The minimum absolute atomic E-state index is 0.158. The number of hydrogen-bond donors (Lipinski definition) is 2. The van der Waals surface area contributed by atoms with Gasteiger partial charge in [0.25, 0.3) is 0 Å². The van der Waals surface area contributed by atoms with Gasteiger partial charge >= 0.3 is 0 Å². The molecule has 0 aromatic heterocycles. The Morgan fingerprint density at radius 2 is 1.47 bits per heavy atom. The average molecular weight is 270 g/mol. The van der Waals surface area contributed by atoms with Crippen LogP contribution in [-0.2, 0) is 4.79 Å². The molecule has 3 nitrogen and oxygen atoms in total. The molecule has 0 saturated heterocycles. The fraction of sp³-hybridized carbons (Fsp3) is 0.938. The smallest absolute Gasteiger partial charge is 0.220 e. The highest BCUT2D eigenvalue weighted by atomic mass is 16.1. The Hall–Kier alpha value is -0.570. The number of carbonyl (C=O) groups excluding carboxylic acids is 1. The van der Waals surface area contributed by atoms with E-state index >= 15 is 0 Å². The maximum Gasteiger partial charge on any atom is 0.220 e. The first-order chi connectivity index (χ1) is 9.24. The molecule has 1 atom stereocenters. The molecule has 3 heteroatoms. The van der Waals surface area contributed by atoms with Gasteiger partial charge < -0.3 is 11.1 Å². The van der Waals surface area contributed by atoms with Crippen LogP contribution in [0.2, 0.25) is 0 Å². The molecule has 1 amide bonds. The summed E-state index contributed by atoms with van der Waals surface area (Å²) in [6.07, 6.45) is 13.2. The molecular weight excluding hydrogens is 236 g/mol. The molecule has 0 fully saturated rings. The van der Waals surface area contributed by atoms with Gasteiger partial charge in [0.2, 0.25) is 5.91 Å². The molecule has 114 valence electrons. The normalized spacial score (nSPS) is 12.4. The molecule has 0 heterocycles. The first kappa shape index (κ1) is 18.4. The molecule has 0 spiro atoms. The van der Waals surface area contributed by atoms with E-state index in [9.17, 15) is 4.79 Å². The van der Waals surface area contributed by atoms with Gasteiger partial charge in [0.05, 0.1) is 0 Å². The van der Waals surface area contributed by atoms with Gasteiger partial charge in [0.15, 0.2) is 0 Å². The first-order valence-corrected chi connectivity index (χ1v) is 8.24. The second-order valence-corrected chi connectivity index (χ2v) is 5.49. The first-order valence-electron chi connectivity index (χ1n) is 8.24. The van der Waals surface area contributed by atoms with Gasteiger partial charge in [-0.05, 0) is 12.8 Å². The third-order valence-corrected chi connectivity index (χ3v) is 3.65. The highest BCUT2D eigenvalue weighted by Gasteiger charge is 2.07. The zero-order chi connectivity index (χ0) is 14.3. The summed E-state index contributed by atoms with van der Waals surface area (Å²) in [6.45, 7) is 4.84. The lowest BCUT2D eigenvalue weighted by Gasteiger charge is -2.14. The fourth-order valence-corrected chi connectivity index (χ4v) is 2.22. The minimum atomic E-state index is 0.158. The largest absolute Gasteiger partial charge is 0.352 e. The second kappa shape index (κ2) is 13.9. The van der Waals surface area contributed by atoms with Crippen LogP contribution in [0.4, 0.5) is 0 Å². The molecule has 0 rings (SSSR count). The molecule has 0 aliphatic rings. The molecular formula is C16H34N2O. The lowest BCUT2D eigenvalue weighted by atomic mass is 10.1. The Balaban J connectivity index is 3.27. The molecule has 0 aromatic carbocycles. The van der Waals surface area contributed by atoms with Crippen LogP contribution >= 0.6 is 0 Å². The summed E-state index contributed by atoms with van der Waals surface area (Å²) in [5.41, 5.74) is 5.56. The highest BCUT2D eigenvalue weighted by Crippen LogP contribution is 2.10. The minimum Gasteiger partial charge on any atom is -0.352 e. The van der Waals surface area contributed by atoms with Crippen molar-refractivity contribution in [3.8, 4) is 0 Å². The van der Waals surface area contributed by atoms with Gasteiger partial charge in [-0.2, -0.15) is 0 Å². The van der Waals surface area contributed by atoms with E-state index in [1.54, 1.807) is 0 Å². The van der Waals surface area contributed by atoms with Crippen molar-refractivity contribution in [2.75, 3.05) is 6.54 Å². The third kappa shape index (κ3) is 12.2. The topological polar surface area (TPSA) is 55.1 Å². The van der Waals surface area contributed by atoms with Crippen molar-refractivity contribution in [2.45, 2.75) is 90.5 Å². The van der Waals surface area contributed by atoms with E-state index in [1.807, 2.05) is 0 Å². The fourth-order valence-electron chi connectivity index (χ4n) is 2.22. The Kier molecular flexibility index (Phi) is 13.4. The van der Waals surface area contributed by atoms with Crippen molar-refractivity contribution in [3.63, 3.8) is 0 Å². The second-order valence-electron chi connectivity index (χ2n) is 5.49. The number of hydrogen-bond acceptors (Lipinski definition) is 2. The van der Waals surface area contributed by atoms with Gasteiger partial charge in [0, 0.05) is 19.0 Å². The lowest BCUT2D eigenvalue weighted by Crippen LogP contribution is -2.39. The van der Waals surface area contributed by atoms with E-state index in [2.05, 4.69) is 19.2 Å². The third-order valence-electron chi connectivity index (χ3n) is 3.65. The molecule has 0 radical (unpaired) electrons. The highest BCUT2D eigenvalue weighted by molar-refractivity contribution is 5.76. The summed E-state index contributed by atoms with van der Waals surface area (Å²) in [5.74, 6) is 0.167. The Labute approximate surface area is 119 Å². The number of nitrogens with two attached hydrogens (primary N) is 1. The van der Waals surface area contributed by atoms with E-state index < -0.39 is 0 Å². The lowest BCUT2D eigenvalue weighted by molar-refractivity contribution is -0.121. The van der Waals surface area contributed by atoms with Gasteiger partial charge in [-0.15, -0.1) is 0 Å². The standard InChI is InChI=1S/C16H34N2O/c1-3-5-6-7-8-9-10-11-12-13-16(19)18-15(4-2)14-17/h15H,3-14,17H2,1-2H3,(H,18,19). The molecule has 0 aliphatic carbocycles.